The van der Waals surface area contributed by atoms with Gasteiger partial charge in [-0.25, -0.2) is 0 Å². The molecule has 0 aliphatic heterocycles. The molecule has 0 atom stereocenters. The van der Waals surface area contributed by atoms with Crippen LogP contribution in [0.25, 0.3) is 0 Å². The predicted molar refractivity (Wildman–Crippen MR) is 54.6 cm³/mol. The molecule has 0 spiro atoms. The third kappa shape index (κ3) is 2.34. The predicted octanol–water partition coefficient (Wildman–Crippen LogP) is 2.20. The molecule has 0 fully saturated rings. The fourth-order valence-corrected chi connectivity index (χ4v) is 1.60. The first kappa shape index (κ1) is 10.3. The standard InChI is InChI=1S/C11H19NO/c1-4-10-5-6-11(8-13)12(10)7-9(2)3/h5-6,9,13H,4,7-8H2,1-3H3. The topological polar surface area (TPSA) is 25.2 Å². The van der Waals surface area contributed by atoms with Crippen LogP contribution in [0.2, 0.25) is 0 Å². The van der Waals surface area contributed by atoms with Gasteiger partial charge in [-0.3, -0.25) is 0 Å². The fraction of sp³-hybridized carbons (Fsp3) is 0.636. The van der Waals surface area contributed by atoms with Crippen molar-refractivity contribution in [3.8, 4) is 0 Å². The Morgan fingerprint density at radius 1 is 1.31 bits per heavy atom. The van der Waals surface area contributed by atoms with Gasteiger partial charge in [-0.15, -0.1) is 0 Å². The Morgan fingerprint density at radius 2 is 1.92 bits per heavy atom. The van der Waals surface area contributed by atoms with Gasteiger partial charge in [0.15, 0.2) is 0 Å². The van der Waals surface area contributed by atoms with Crippen molar-refractivity contribution in [3.63, 3.8) is 0 Å². The van der Waals surface area contributed by atoms with Crippen LogP contribution in [0, 0.1) is 5.92 Å². The Labute approximate surface area is 80.2 Å². The third-order valence-electron chi connectivity index (χ3n) is 2.23. The summed E-state index contributed by atoms with van der Waals surface area (Å²) in [5.41, 5.74) is 2.35. The molecule has 0 unspecified atom stereocenters. The van der Waals surface area contributed by atoms with Crippen molar-refractivity contribution in [2.75, 3.05) is 0 Å². The van der Waals surface area contributed by atoms with Crippen molar-refractivity contribution in [1.82, 2.24) is 4.57 Å². The van der Waals surface area contributed by atoms with Gasteiger partial charge in [0.25, 0.3) is 0 Å². The molecule has 13 heavy (non-hydrogen) atoms. The van der Waals surface area contributed by atoms with Gasteiger partial charge in [0.05, 0.1) is 6.61 Å². The van der Waals surface area contributed by atoms with E-state index in [1.54, 1.807) is 0 Å². The second-order valence-electron chi connectivity index (χ2n) is 3.83. The van der Waals surface area contributed by atoms with Crippen LogP contribution in [0.3, 0.4) is 0 Å². The molecule has 0 aromatic carbocycles. The molecule has 1 heterocycles. The van der Waals surface area contributed by atoms with E-state index in [0.29, 0.717) is 5.92 Å². The minimum Gasteiger partial charge on any atom is -0.390 e. The molecular weight excluding hydrogens is 162 g/mol. The molecule has 74 valence electrons. The van der Waals surface area contributed by atoms with Gasteiger partial charge in [-0.2, -0.15) is 0 Å². The molecule has 0 aliphatic carbocycles. The Bertz CT molecular complexity index is 242. The molecule has 2 heteroatoms. The highest BCUT2D eigenvalue weighted by atomic mass is 16.3. The maximum atomic E-state index is 9.12. The number of hydrogen-bond donors (Lipinski definition) is 1. The number of rotatable bonds is 4. The molecule has 0 saturated heterocycles. The van der Waals surface area contributed by atoms with Gasteiger partial charge < -0.3 is 9.67 Å². The van der Waals surface area contributed by atoms with Crippen LogP contribution in [0.4, 0.5) is 0 Å². The van der Waals surface area contributed by atoms with Crippen LogP contribution in [-0.4, -0.2) is 9.67 Å². The minimum absolute atomic E-state index is 0.146. The number of aryl methyl sites for hydroxylation is 1. The molecule has 0 radical (unpaired) electrons. The summed E-state index contributed by atoms with van der Waals surface area (Å²) < 4.78 is 2.23. The molecule has 0 amide bonds. The van der Waals surface area contributed by atoms with Crippen LogP contribution in [0.5, 0.6) is 0 Å². The first-order valence-electron chi connectivity index (χ1n) is 4.97. The molecule has 0 saturated carbocycles. The summed E-state index contributed by atoms with van der Waals surface area (Å²) in [7, 11) is 0. The van der Waals surface area contributed by atoms with Crippen LogP contribution in [0.15, 0.2) is 12.1 Å². The van der Waals surface area contributed by atoms with E-state index in [-0.39, 0.29) is 6.61 Å². The second kappa shape index (κ2) is 4.47. The number of aliphatic hydroxyl groups excluding tert-OH is 1. The van der Waals surface area contributed by atoms with Gasteiger partial charge in [-0.1, -0.05) is 20.8 Å². The lowest BCUT2D eigenvalue weighted by atomic mass is 10.2. The molecule has 2 nitrogen and oxygen atoms in total. The van der Waals surface area contributed by atoms with E-state index in [1.165, 1.54) is 5.69 Å². The summed E-state index contributed by atoms with van der Waals surface area (Å²) in [5.74, 6) is 0.628. The Hall–Kier alpha value is -0.760. The Kier molecular flexibility index (Phi) is 3.55. The van der Waals surface area contributed by atoms with Crippen LogP contribution in [-0.2, 0) is 19.6 Å². The van der Waals surface area contributed by atoms with Crippen LogP contribution in [0.1, 0.15) is 32.2 Å². The summed E-state index contributed by atoms with van der Waals surface area (Å²) in [6.45, 7) is 7.69. The van der Waals surface area contributed by atoms with E-state index in [4.69, 9.17) is 5.11 Å². The normalized spacial score (nSPS) is 11.2. The summed E-state index contributed by atoms with van der Waals surface area (Å²) in [6, 6.07) is 4.12. The summed E-state index contributed by atoms with van der Waals surface area (Å²) in [6.07, 6.45) is 1.03. The van der Waals surface area contributed by atoms with Gasteiger partial charge in [-0.05, 0) is 24.5 Å². The number of hydrogen-bond acceptors (Lipinski definition) is 1. The second-order valence-corrected chi connectivity index (χ2v) is 3.83. The van der Waals surface area contributed by atoms with Gasteiger partial charge in [0, 0.05) is 17.9 Å². The van der Waals surface area contributed by atoms with Gasteiger partial charge >= 0.3 is 0 Å². The lowest BCUT2D eigenvalue weighted by Gasteiger charge is -2.13. The molecule has 1 aromatic heterocycles. The van der Waals surface area contributed by atoms with Gasteiger partial charge in [0.1, 0.15) is 0 Å². The maximum Gasteiger partial charge on any atom is 0.0832 e. The van der Waals surface area contributed by atoms with Crippen molar-refractivity contribution in [1.29, 1.82) is 0 Å². The van der Waals surface area contributed by atoms with E-state index < -0.39 is 0 Å². The molecule has 1 N–H and O–H groups in total. The van der Waals surface area contributed by atoms with Crippen molar-refractivity contribution >= 4 is 0 Å². The zero-order valence-corrected chi connectivity index (χ0v) is 8.75. The lowest BCUT2D eigenvalue weighted by molar-refractivity contribution is 0.267. The van der Waals surface area contributed by atoms with Crippen LogP contribution >= 0.6 is 0 Å². The maximum absolute atomic E-state index is 9.12. The third-order valence-corrected chi connectivity index (χ3v) is 2.23. The van der Waals surface area contributed by atoms with E-state index in [9.17, 15) is 0 Å². The Balaban J connectivity index is 2.91. The number of aliphatic hydroxyl groups is 1. The zero-order valence-electron chi connectivity index (χ0n) is 8.75. The van der Waals surface area contributed by atoms with E-state index in [0.717, 1.165) is 18.7 Å². The highest BCUT2D eigenvalue weighted by Crippen LogP contribution is 2.12. The molecular formula is C11H19NO. The monoisotopic (exact) mass is 181 g/mol. The quantitative estimate of drug-likeness (QED) is 0.757. The highest BCUT2D eigenvalue weighted by molar-refractivity contribution is 5.15. The van der Waals surface area contributed by atoms with Crippen molar-refractivity contribution in [2.24, 2.45) is 5.92 Å². The lowest BCUT2D eigenvalue weighted by Crippen LogP contribution is -2.10. The summed E-state index contributed by atoms with van der Waals surface area (Å²) in [4.78, 5) is 0. The molecule has 0 bridgehead atoms. The van der Waals surface area contributed by atoms with Crippen molar-refractivity contribution < 1.29 is 5.11 Å². The fourth-order valence-electron chi connectivity index (χ4n) is 1.60. The number of aromatic nitrogens is 1. The molecule has 0 aliphatic rings. The summed E-state index contributed by atoms with van der Waals surface area (Å²) in [5, 5.41) is 9.12. The average Bonchev–Trinajstić information content (AvgIpc) is 2.46. The Morgan fingerprint density at radius 3 is 2.38 bits per heavy atom. The smallest absolute Gasteiger partial charge is 0.0832 e. The van der Waals surface area contributed by atoms with E-state index in [1.807, 2.05) is 6.07 Å². The largest absolute Gasteiger partial charge is 0.390 e. The van der Waals surface area contributed by atoms with Crippen molar-refractivity contribution in [3.05, 3.63) is 23.5 Å². The van der Waals surface area contributed by atoms with Crippen LogP contribution < -0.4 is 0 Å². The van der Waals surface area contributed by atoms with Gasteiger partial charge in [0.2, 0.25) is 0 Å². The van der Waals surface area contributed by atoms with E-state index in [2.05, 4.69) is 31.4 Å². The highest BCUT2D eigenvalue weighted by Gasteiger charge is 2.06. The zero-order chi connectivity index (χ0) is 9.84. The number of nitrogens with zero attached hydrogens (tertiary/aromatic N) is 1. The van der Waals surface area contributed by atoms with E-state index >= 15 is 0 Å². The summed E-state index contributed by atoms with van der Waals surface area (Å²) >= 11 is 0. The molecule has 1 aromatic rings. The molecule has 1 rings (SSSR count). The average molecular weight is 181 g/mol. The van der Waals surface area contributed by atoms with Crippen molar-refractivity contribution in [2.45, 2.75) is 40.3 Å². The minimum atomic E-state index is 0.146. The SMILES string of the molecule is CCc1ccc(CO)n1CC(C)C. The first-order chi connectivity index (χ1) is 6.19. The first-order valence-corrected chi connectivity index (χ1v) is 4.97.